The zero-order valence-electron chi connectivity index (χ0n) is 11.0. The van der Waals surface area contributed by atoms with E-state index >= 15 is 0 Å². The minimum atomic E-state index is -1.23. The molecule has 1 aliphatic rings. The highest BCUT2D eigenvalue weighted by Gasteiger charge is 2.37. The van der Waals surface area contributed by atoms with Crippen LogP contribution in [0.25, 0.3) is 0 Å². The van der Waals surface area contributed by atoms with Gasteiger partial charge in [0, 0.05) is 19.6 Å². The van der Waals surface area contributed by atoms with Crippen LogP contribution in [0.3, 0.4) is 0 Å². The molecule has 21 heavy (non-hydrogen) atoms. The quantitative estimate of drug-likeness (QED) is 0.761. The molecular formula is C13H15FN2O5. The Kier molecular flexibility index (Phi) is 4.27. The van der Waals surface area contributed by atoms with E-state index in [9.17, 15) is 19.1 Å². The summed E-state index contributed by atoms with van der Waals surface area (Å²) >= 11 is 0. The molecule has 1 heterocycles. The second-order valence-electron chi connectivity index (χ2n) is 4.77. The Morgan fingerprint density at radius 3 is 2.29 bits per heavy atom. The minimum absolute atomic E-state index is 0.0233. The molecule has 0 saturated carbocycles. The van der Waals surface area contributed by atoms with E-state index in [1.165, 1.54) is 12.1 Å². The molecule has 8 heteroatoms. The molecule has 0 aromatic heterocycles. The molecule has 3 N–H and O–H groups in total. The summed E-state index contributed by atoms with van der Waals surface area (Å²) in [5, 5.41) is 28.5. The van der Waals surface area contributed by atoms with Gasteiger partial charge >= 0.3 is 12.2 Å². The van der Waals surface area contributed by atoms with E-state index in [4.69, 9.17) is 10.2 Å². The molecule has 1 saturated heterocycles. The van der Waals surface area contributed by atoms with Crippen LogP contribution in [-0.2, 0) is 0 Å². The predicted molar refractivity (Wildman–Crippen MR) is 69.5 cm³/mol. The SMILES string of the molecule is O=C(O)N1CCN(C(=O)O)[C@@H](C(O)c2ccc(F)cc2)C1. The first-order valence-corrected chi connectivity index (χ1v) is 6.31. The van der Waals surface area contributed by atoms with E-state index < -0.39 is 30.1 Å². The van der Waals surface area contributed by atoms with Gasteiger partial charge in [0.1, 0.15) is 11.9 Å². The van der Waals surface area contributed by atoms with Gasteiger partial charge in [-0.25, -0.2) is 14.0 Å². The molecule has 2 rings (SSSR count). The third kappa shape index (κ3) is 3.22. The number of aliphatic hydroxyl groups excluding tert-OH is 1. The van der Waals surface area contributed by atoms with E-state index in [1.807, 2.05) is 0 Å². The zero-order valence-corrected chi connectivity index (χ0v) is 11.0. The molecule has 1 aliphatic heterocycles. The Balaban J connectivity index is 2.24. The average Bonchev–Trinajstić information content (AvgIpc) is 2.46. The minimum Gasteiger partial charge on any atom is -0.465 e. The molecule has 0 bridgehead atoms. The van der Waals surface area contributed by atoms with Crippen molar-refractivity contribution >= 4 is 12.2 Å². The fourth-order valence-electron chi connectivity index (χ4n) is 2.37. The Morgan fingerprint density at radius 2 is 1.76 bits per heavy atom. The summed E-state index contributed by atoms with van der Waals surface area (Å²) in [6, 6.07) is 4.07. The highest BCUT2D eigenvalue weighted by atomic mass is 19.1. The molecule has 0 aliphatic carbocycles. The van der Waals surface area contributed by atoms with E-state index in [0.29, 0.717) is 5.56 Å². The maximum atomic E-state index is 12.9. The van der Waals surface area contributed by atoms with Crippen molar-refractivity contribution in [1.29, 1.82) is 0 Å². The average molecular weight is 298 g/mol. The van der Waals surface area contributed by atoms with E-state index in [0.717, 1.165) is 21.9 Å². The van der Waals surface area contributed by atoms with Crippen LogP contribution >= 0.6 is 0 Å². The monoisotopic (exact) mass is 298 g/mol. The third-order valence-electron chi connectivity index (χ3n) is 3.51. The maximum absolute atomic E-state index is 12.9. The zero-order chi connectivity index (χ0) is 15.6. The molecule has 1 fully saturated rings. The summed E-state index contributed by atoms with van der Waals surface area (Å²) in [5.74, 6) is -0.475. The van der Waals surface area contributed by atoms with Crippen LogP contribution in [0, 0.1) is 5.82 Å². The number of hydrogen-bond acceptors (Lipinski definition) is 3. The number of carbonyl (C=O) groups is 2. The molecule has 0 spiro atoms. The number of halogens is 1. The second kappa shape index (κ2) is 5.96. The summed E-state index contributed by atoms with van der Waals surface area (Å²) in [5.41, 5.74) is 0.333. The number of benzene rings is 1. The summed E-state index contributed by atoms with van der Waals surface area (Å²) in [4.78, 5) is 24.3. The number of piperazine rings is 1. The molecule has 2 atom stereocenters. The van der Waals surface area contributed by atoms with Gasteiger partial charge in [-0.05, 0) is 17.7 Å². The highest BCUT2D eigenvalue weighted by Crippen LogP contribution is 2.25. The van der Waals surface area contributed by atoms with Gasteiger partial charge in [0.15, 0.2) is 0 Å². The number of hydrogen-bond donors (Lipinski definition) is 3. The Bertz CT molecular complexity index is 536. The number of aliphatic hydroxyl groups is 1. The van der Waals surface area contributed by atoms with Gasteiger partial charge in [-0.2, -0.15) is 0 Å². The summed E-state index contributed by atoms with van der Waals surface area (Å²) in [7, 11) is 0. The van der Waals surface area contributed by atoms with Crippen molar-refractivity contribution in [2.45, 2.75) is 12.1 Å². The molecular weight excluding hydrogens is 283 g/mol. The highest BCUT2D eigenvalue weighted by molar-refractivity contribution is 5.68. The lowest BCUT2D eigenvalue weighted by Gasteiger charge is -2.40. The summed E-state index contributed by atoms with van der Waals surface area (Å²) in [6.45, 7) is -0.112. The van der Waals surface area contributed by atoms with Crippen molar-refractivity contribution in [3.63, 3.8) is 0 Å². The van der Waals surface area contributed by atoms with Gasteiger partial charge in [-0.1, -0.05) is 12.1 Å². The standard InChI is InChI=1S/C13H15FN2O5/c14-9-3-1-8(2-4-9)11(17)10-7-15(12(18)19)5-6-16(10)13(20)21/h1-4,10-11,17H,5-7H2,(H,18,19)(H,20,21)/t10-,11?/m1/s1. The first-order chi connectivity index (χ1) is 9.90. The number of amides is 2. The Labute approximate surface area is 119 Å². The fraction of sp³-hybridized carbons (Fsp3) is 0.385. The van der Waals surface area contributed by atoms with Gasteiger partial charge in [-0.3, -0.25) is 4.90 Å². The van der Waals surface area contributed by atoms with E-state index in [1.54, 1.807) is 0 Å². The van der Waals surface area contributed by atoms with Gasteiger partial charge in [0.05, 0.1) is 6.04 Å². The van der Waals surface area contributed by atoms with Crippen LogP contribution in [0.5, 0.6) is 0 Å². The normalized spacial score (nSPS) is 20.2. The molecule has 0 radical (unpaired) electrons. The van der Waals surface area contributed by atoms with Crippen LogP contribution < -0.4 is 0 Å². The van der Waals surface area contributed by atoms with Crippen molar-refractivity contribution in [2.24, 2.45) is 0 Å². The molecule has 2 amide bonds. The molecule has 114 valence electrons. The van der Waals surface area contributed by atoms with Crippen LogP contribution in [0.4, 0.5) is 14.0 Å². The largest absolute Gasteiger partial charge is 0.465 e. The number of carboxylic acid groups (broad SMARTS) is 2. The molecule has 1 aromatic rings. The van der Waals surface area contributed by atoms with E-state index in [2.05, 4.69) is 0 Å². The topological polar surface area (TPSA) is 101 Å². The first-order valence-electron chi connectivity index (χ1n) is 6.31. The van der Waals surface area contributed by atoms with Gasteiger partial charge in [0.25, 0.3) is 0 Å². The molecule has 7 nitrogen and oxygen atoms in total. The second-order valence-corrected chi connectivity index (χ2v) is 4.77. The summed E-state index contributed by atoms with van der Waals surface area (Å²) < 4.78 is 12.9. The third-order valence-corrected chi connectivity index (χ3v) is 3.51. The Morgan fingerprint density at radius 1 is 1.14 bits per heavy atom. The van der Waals surface area contributed by atoms with E-state index in [-0.39, 0.29) is 19.6 Å². The fourth-order valence-corrected chi connectivity index (χ4v) is 2.37. The van der Waals surface area contributed by atoms with Gasteiger partial charge < -0.3 is 20.2 Å². The molecule has 1 aromatic carbocycles. The molecule has 1 unspecified atom stereocenters. The lowest BCUT2D eigenvalue weighted by Crippen LogP contribution is -2.58. The summed E-state index contributed by atoms with van der Waals surface area (Å²) in [6.07, 6.45) is -3.63. The van der Waals surface area contributed by atoms with Gasteiger partial charge in [0.2, 0.25) is 0 Å². The van der Waals surface area contributed by atoms with Crippen LogP contribution in [0.1, 0.15) is 11.7 Å². The van der Waals surface area contributed by atoms with Crippen molar-refractivity contribution in [3.05, 3.63) is 35.6 Å². The van der Waals surface area contributed by atoms with Crippen molar-refractivity contribution in [2.75, 3.05) is 19.6 Å². The van der Waals surface area contributed by atoms with Crippen LogP contribution in [-0.4, -0.2) is 63.0 Å². The van der Waals surface area contributed by atoms with Crippen molar-refractivity contribution in [1.82, 2.24) is 9.80 Å². The smallest absolute Gasteiger partial charge is 0.407 e. The number of rotatable bonds is 2. The van der Waals surface area contributed by atoms with Crippen molar-refractivity contribution in [3.8, 4) is 0 Å². The number of nitrogens with zero attached hydrogens (tertiary/aromatic N) is 2. The lowest BCUT2D eigenvalue weighted by molar-refractivity contribution is 0.00324. The predicted octanol–water partition coefficient (Wildman–Crippen LogP) is 1.20. The van der Waals surface area contributed by atoms with Crippen molar-refractivity contribution < 1.29 is 29.3 Å². The lowest BCUT2D eigenvalue weighted by atomic mass is 9.99. The van der Waals surface area contributed by atoms with Gasteiger partial charge in [-0.15, -0.1) is 0 Å². The van der Waals surface area contributed by atoms with Crippen LogP contribution in [0.2, 0.25) is 0 Å². The Hall–Kier alpha value is -2.35. The first kappa shape index (κ1) is 15.0. The van der Waals surface area contributed by atoms with Crippen LogP contribution in [0.15, 0.2) is 24.3 Å². The maximum Gasteiger partial charge on any atom is 0.407 e.